The number of hydrogen-bond donors (Lipinski definition) is 1. The molecule has 1 heterocycles. The minimum Gasteiger partial charge on any atom is -0.343 e. The maximum Gasteiger partial charge on any atom is 0.317 e. The van der Waals surface area contributed by atoms with Crippen molar-refractivity contribution in [2.75, 3.05) is 20.1 Å². The Balaban J connectivity index is 1.49. The van der Waals surface area contributed by atoms with Gasteiger partial charge in [0.15, 0.2) is 0 Å². The third-order valence-corrected chi connectivity index (χ3v) is 6.72. The maximum atomic E-state index is 13.6. The van der Waals surface area contributed by atoms with E-state index in [1.165, 1.54) is 6.07 Å². The van der Waals surface area contributed by atoms with Crippen LogP contribution in [-0.4, -0.2) is 54.0 Å². The van der Waals surface area contributed by atoms with Crippen LogP contribution < -0.4 is 5.32 Å². The number of piperidine rings is 1. The minimum absolute atomic E-state index is 0.0272. The molecule has 0 spiro atoms. The molecule has 1 aliphatic heterocycles. The van der Waals surface area contributed by atoms with Crippen molar-refractivity contribution in [3.63, 3.8) is 0 Å². The lowest BCUT2D eigenvalue weighted by Crippen LogP contribution is -2.52. The van der Waals surface area contributed by atoms with E-state index in [1.54, 1.807) is 24.0 Å². The molecular weight excluding hydrogens is 357 g/mol. The summed E-state index contributed by atoms with van der Waals surface area (Å²) in [5.74, 6) is -0.0827. The van der Waals surface area contributed by atoms with Crippen LogP contribution in [0.5, 0.6) is 0 Å². The highest BCUT2D eigenvalue weighted by Crippen LogP contribution is 2.39. The van der Waals surface area contributed by atoms with Crippen molar-refractivity contribution >= 4 is 11.9 Å². The number of halogens is 1. The molecule has 3 rings (SSSR count). The van der Waals surface area contributed by atoms with Crippen LogP contribution in [-0.2, 0) is 10.2 Å². The summed E-state index contributed by atoms with van der Waals surface area (Å²) in [6.45, 7) is 5.21. The lowest BCUT2D eigenvalue weighted by Gasteiger charge is -2.40. The Morgan fingerprint density at radius 1 is 1.18 bits per heavy atom. The van der Waals surface area contributed by atoms with Crippen LogP contribution in [0, 0.1) is 5.82 Å². The number of amides is 3. The van der Waals surface area contributed by atoms with E-state index in [9.17, 15) is 14.0 Å². The van der Waals surface area contributed by atoms with Gasteiger partial charge in [-0.15, -0.1) is 0 Å². The van der Waals surface area contributed by atoms with E-state index in [4.69, 9.17) is 0 Å². The van der Waals surface area contributed by atoms with Crippen molar-refractivity contribution in [1.82, 2.24) is 15.1 Å². The van der Waals surface area contributed by atoms with Crippen molar-refractivity contribution < 1.29 is 14.0 Å². The van der Waals surface area contributed by atoms with Gasteiger partial charge in [-0.25, -0.2) is 9.18 Å². The van der Waals surface area contributed by atoms with Gasteiger partial charge in [0.05, 0.1) is 0 Å². The van der Waals surface area contributed by atoms with Gasteiger partial charge >= 0.3 is 6.03 Å². The third kappa shape index (κ3) is 4.65. The van der Waals surface area contributed by atoms with Gasteiger partial charge in [0.2, 0.25) is 5.91 Å². The summed E-state index contributed by atoms with van der Waals surface area (Å²) in [5, 5.41) is 3.18. The third-order valence-electron chi connectivity index (χ3n) is 6.72. The SMILES string of the molecule is CC(=O)N1CCC(N(C)C(=O)N[C@H]2CC[C@](C)(c3cccc(F)c3)CC2)CC1. The molecule has 1 saturated heterocycles. The minimum atomic E-state index is -0.188. The normalized spacial score (nSPS) is 26.0. The fraction of sp³-hybridized carbons (Fsp3) is 0.636. The largest absolute Gasteiger partial charge is 0.343 e. The molecule has 0 atom stereocenters. The average molecular weight is 390 g/mol. The number of hydrogen-bond acceptors (Lipinski definition) is 2. The molecule has 0 radical (unpaired) electrons. The molecule has 1 aromatic rings. The number of benzene rings is 1. The van der Waals surface area contributed by atoms with Crippen LogP contribution in [0.1, 0.15) is 57.9 Å². The molecule has 6 heteroatoms. The van der Waals surface area contributed by atoms with Crippen molar-refractivity contribution in [2.24, 2.45) is 0 Å². The molecular formula is C22H32FN3O2. The second kappa shape index (κ2) is 8.50. The molecule has 0 unspecified atom stereocenters. The Kier molecular flexibility index (Phi) is 6.26. The Bertz CT molecular complexity index is 707. The van der Waals surface area contributed by atoms with E-state index in [0.717, 1.165) is 44.1 Å². The lowest BCUT2D eigenvalue weighted by atomic mass is 9.69. The monoisotopic (exact) mass is 389 g/mol. The predicted molar refractivity (Wildman–Crippen MR) is 108 cm³/mol. The molecule has 28 heavy (non-hydrogen) atoms. The van der Waals surface area contributed by atoms with Gasteiger partial charge in [0, 0.05) is 39.1 Å². The molecule has 2 aliphatic rings. The van der Waals surface area contributed by atoms with Gasteiger partial charge in [-0.3, -0.25) is 4.79 Å². The summed E-state index contributed by atoms with van der Waals surface area (Å²) in [4.78, 5) is 27.8. The van der Waals surface area contributed by atoms with Crippen molar-refractivity contribution in [3.8, 4) is 0 Å². The predicted octanol–water partition coefficient (Wildman–Crippen LogP) is 3.68. The molecule has 0 bridgehead atoms. The zero-order valence-corrected chi connectivity index (χ0v) is 17.2. The highest BCUT2D eigenvalue weighted by molar-refractivity contribution is 5.75. The Morgan fingerprint density at radius 2 is 1.82 bits per heavy atom. The smallest absolute Gasteiger partial charge is 0.317 e. The van der Waals surface area contributed by atoms with E-state index in [0.29, 0.717) is 13.1 Å². The second-order valence-electron chi connectivity index (χ2n) is 8.64. The molecule has 154 valence electrons. The van der Waals surface area contributed by atoms with Crippen molar-refractivity contribution in [1.29, 1.82) is 0 Å². The van der Waals surface area contributed by atoms with Gasteiger partial charge in [-0.1, -0.05) is 19.1 Å². The first-order valence-corrected chi connectivity index (χ1v) is 10.3. The number of likely N-dealkylation sites (tertiary alicyclic amines) is 1. The van der Waals surface area contributed by atoms with Gasteiger partial charge in [-0.2, -0.15) is 0 Å². The quantitative estimate of drug-likeness (QED) is 0.857. The molecule has 0 aromatic heterocycles. The second-order valence-corrected chi connectivity index (χ2v) is 8.64. The topological polar surface area (TPSA) is 52.7 Å². The summed E-state index contributed by atoms with van der Waals surface area (Å²) < 4.78 is 13.6. The summed E-state index contributed by atoms with van der Waals surface area (Å²) >= 11 is 0. The first-order chi connectivity index (χ1) is 13.3. The van der Waals surface area contributed by atoms with E-state index < -0.39 is 0 Å². The average Bonchev–Trinajstić information content (AvgIpc) is 2.69. The summed E-state index contributed by atoms with van der Waals surface area (Å²) in [6.07, 6.45) is 5.31. The van der Waals surface area contributed by atoms with E-state index in [1.807, 2.05) is 18.0 Å². The molecule has 5 nitrogen and oxygen atoms in total. The summed E-state index contributed by atoms with van der Waals surface area (Å²) in [5.41, 5.74) is 1.01. The lowest BCUT2D eigenvalue weighted by molar-refractivity contribution is -0.130. The highest BCUT2D eigenvalue weighted by Gasteiger charge is 2.34. The van der Waals surface area contributed by atoms with Crippen LogP contribution in [0.3, 0.4) is 0 Å². The number of urea groups is 1. The molecule has 2 fully saturated rings. The molecule has 1 aliphatic carbocycles. The summed E-state index contributed by atoms with van der Waals surface area (Å²) in [6, 6.07) is 7.21. The first kappa shape index (κ1) is 20.6. The van der Waals surface area contributed by atoms with Crippen LogP contribution in [0.2, 0.25) is 0 Å². The number of rotatable bonds is 3. The highest BCUT2D eigenvalue weighted by atomic mass is 19.1. The zero-order chi connectivity index (χ0) is 20.3. The van der Waals surface area contributed by atoms with Crippen LogP contribution >= 0.6 is 0 Å². The molecule has 3 amide bonds. The fourth-order valence-corrected chi connectivity index (χ4v) is 4.56. The standard InChI is InChI=1S/C22H32FN3O2/c1-16(27)26-13-9-20(10-14-26)25(3)21(28)24-19-7-11-22(2,12-8-19)17-5-4-6-18(23)15-17/h4-6,15,19-20H,7-14H2,1-3H3,(H,24,28)/t19-,22-. The fourth-order valence-electron chi connectivity index (χ4n) is 4.56. The first-order valence-electron chi connectivity index (χ1n) is 10.3. The van der Waals surface area contributed by atoms with Crippen LogP contribution in [0.4, 0.5) is 9.18 Å². The molecule has 1 N–H and O–H groups in total. The van der Waals surface area contributed by atoms with Gasteiger partial charge in [0.1, 0.15) is 5.82 Å². The van der Waals surface area contributed by atoms with Crippen molar-refractivity contribution in [2.45, 2.75) is 69.9 Å². The Hall–Kier alpha value is -2.11. The molecule has 1 saturated carbocycles. The zero-order valence-electron chi connectivity index (χ0n) is 17.2. The number of nitrogens with zero attached hydrogens (tertiary/aromatic N) is 2. The number of carbonyl (C=O) groups is 2. The number of carbonyl (C=O) groups excluding carboxylic acids is 2. The maximum absolute atomic E-state index is 13.6. The van der Waals surface area contributed by atoms with Gasteiger partial charge in [-0.05, 0) is 61.6 Å². The van der Waals surface area contributed by atoms with Gasteiger partial charge in [0.25, 0.3) is 0 Å². The van der Waals surface area contributed by atoms with Gasteiger partial charge < -0.3 is 15.1 Å². The van der Waals surface area contributed by atoms with Crippen molar-refractivity contribution in [3.05, 3.63) is 35.6 Å². The summed E-state index contributed by atoms with van der Waals surface area (Å²) in [7, 11) is 1.85. The Morgan fingerprint density at radius 3 is 2.39 bits per heavy atom. The number of nitrogens with one attached hydrogen (secondary N) is 1. The van der Waals surface area contributed by atoms with E-state index >= 15 is 0 Å². The van der Waals surface area contributed by atoms with Crippen LogP contribution in [0.15, 0.2) is 24.3 Å². The Labute approximate surface area is 167 Å². The van der Waals surface area contributed by atoms with E-state index in [2.05, 4.69) is 12.2 Å². The molecule has 1 aromatic carbocycles. The van der Waals surface area contributed by atoms with E-state index in [-0.39, 0.29) is 35.3 Å². The van der Waals surface area contributed by atoms with Crippen LogP contribution in [0.25, 0.3) is 0 Å².